The first kappa shape index (κ1) is 29.3. The predicted octanol–water partition coefficient (Wildman–Crippen LogP) is 5.41. The average Bonchev–Trinajstić information content (AvgIpc) is 3.36. The van der Waals surface area contributed by atoms with Crippen molar-refractivity contribution in [3.63, 3.8) is 0 Å². The van der Waals surface area contributed by atoms with E-state index in [1.807, 2.05) is 13.0 Å². The normalized spacial score (nSPS) is 14.8. The van der Waals surface area contributed by atoms with E-state index in [-0.39, 0.29) is 37.4 Å². The Labute approximate surface area is 230 Å². The van der Waals surface area contributed by atoms with Crippen molar-refractivity contribution < 1.29 is 18.0 Å². The lowest BCUT2D eigenvalue weighted by molar-refractivity contribution is -0.141. The molecule has 1 aliphatic carbocycles. The number of nitrogens with zero attached hydrogens (tertiary/aromatic N) is 2. The van der Waals surface area contributed by atoms with E-state index in [0.717, 1.165) is 37.5 Å². The first-order valence-corrected chi connectivity index (χ1v) is 15.3. The fourth-order valence-electron chi connectivity index (χ4n) is 4.72. The molecule has 1 saturated carbocycles. The van der Waals surface area contributed by atoms with Crippen LogP contribution in [0.25, 0.3) is 0 Å². The van der Waals surface area contributed by atoms with Crippen LogP contribution in [0, 0.1) is 0 Å². The summed E-state index contributed by atoms with van der Waals surface area (Å²) >= 11 is 12.3. The third-order valence-corrected chi connectivity index (χ3v) is 8.55. The minimum atomic E-state index is -3.52. The Balaban J connectivity index is 1.76. The lowest BCUT2D eigenvalue weighted by atomic mass is 10.1. The minimum Gasteiger partial charge on any atom is -0.352 e. The second-order valence-corrected chi connectivity index (χ2v) is 12.2. The molecule has 1 aliphatic rings. The zero-order chi connectivity index (χ0) is 27.0. The molecule has 10 heteroatoms. The molecule has 3 rings (SSSR count). The molecule has 1 fully saturated rings. The van der Waals surface area contributed by atoms with Crippen LogP contribution in [0.3, 0.4) is 0 Å². The zero-order valence-electron chi connectivity index (χ0n) is 21.3. The van der Waals surface area contributed by atoms with E-state index in [1.54, 1.807) is 47.4 Å². The van der Waals surface area contributed by atoms with Crippen LogP contribution in [0.1, 0.15) is 57.4 Å². The van der Waals surface area contributed by atoms with Gasteiger partial charge in [-0.3, -0.25) is 13.9 Å². The molecular formula is C27H35Cl2N3O4S. The Morgan fingerprint density at radius 2 is 1.73 bits per heavy atom. The van der Waals surface area contributed by atoms with Gasteiger partial charge in [-0.05, 0) is 55.5 Å². The largest absolute Gasteiger partial charge is 0.352 e. The molecule has 7 nitrogen and oxygen atoms in total. The maximum absolute atomic E-state index is 13.5. The van der Waals surface area contributed by atoms with Crippen molar-refractivity contribution in [2.45, 2.75) is 70.5 Å². The van der Waals surface area contributed by atoms with Crippen LogP contribution in [0.4, 0.5) is 5.69 Å². The molecule has 37 heavy (non-hydrogen) atoms. The lowest BCUT2D eigenvalue weighted by Crippen LogP contribution is -2.51. The highest BCUT2D eigenvalue weighted by Crippen LogP contribution is 2.25. The number of para-hydroxylation sites is 1. The average molecular weight is 569 g/mol. The van der Waals surface area contributed by atoms with E-state index in [4.69, 9.17) is 23.2 Å². The highest BCUT2D eigenvalue weighted by Gasteiger charge is 2.30. The fraction of sp³-hybridized carbons (Fsp3) is 0.481. The number of sulfonamides is 1. The highest BCUT2D eigenvalue weighted by atomic mass is 35.5. The molecule has 1 atom stereocenters. The SMILES string of the molecule is CC[C@H](C(=O)NC1CCCC1)N(Cc1ccc(Cl)c(Cl)c1)C(=O)CCCN(c1ccccc1)S(C)(=O)=O. The summed E-state index contributed by atoms with van der Waals surface area (Å²) in [7, 11) is -3.52. The van der Waals surface area contributed by atoms with Crippen molar-refractivity contribution >= 4 is 50.7 Å². The Bertz CT molecular complexity index is 1170. The fourth-order valence-corrected chi connectivity index (χ4v) is 6.01. The van der Waals surface area contributed by atoms with Crippen molar-refractivity contribution in [3.05, 3.63) is 64.1 Å². The summed E-state index contributed by atoms with van der Waals surface area (Å²) < 4.78 is 26.1. The third-order valence-electron chi connectivity index (χ3n) is 6.62. The highest BCUT2D eigenvalue weighted by molar-refractivity contribution is 7.92. The number of amides is 2. The summed E-state index contributed by atoms with van der Waals surface area (Å²) in [5.74, 6) is -0.383. The van der Waals surface area contributed by atoms with Crippen molar-refractivity contribution in [2.24, 2.45) is 0 Å². The zero-order valence-corrected chi connectivity index (χ0v) is 23.7. The third kappa shape index (κ3) is 8.35. The molecule has 2 amide bonds. The molecule has 0 unspecified atom stereocenters. The molecule has 2 aromatic rings. The molecule has 0 radical (unpaired) electrons. The molecule has 2 aromatic carbocycles. The van der Waals surface area contributed by atoms with Gasteiger partial charge in [-0.15, -0.1) is 0 Å². The molecule has 1 N–H and O–H groups in total. The summed E-state index contributed by atoms with van der Waals surface area (Å²) in [5, 5.41) is 3.91. The summed E-state index contributed by atoms with van der Waals surface area (Å²) in [6.45, 7) is 2.23. The van der Waals surface area contributed by atoms with E-state index >= 15 is 0 Å². The van der Waals surface area contributed by atoms with Crippen LogP contribution in [-0.4, -0.2) is 50.0 Å². The molecule has 0 heterocycles. The number of rotatable bonds is 12. The number of nitrogens with one attached hydrogen (secondary N) is 1. The van der Waals surface area contributed by atoms with Gasteiger partial charge in [0.15, 0.2) is 0 Å². The van der Waals surface area contributed by atoms with Gasteiger partial charge in [0.25, 0.3) is 0 Å². The molecule has 0 aliphatic heterocycles. The second kappa shape index (κ2) is 13.5. The van der Waals surface area contributed by atoms with Gasteiger partial charge in [0.2, 0.25) is 21.8 Å². The molecule has 0 aromatic heterocycles. The second-order valence-electron chi connectivity index (χ2n) is 9.46. The first-order valence-electron chi connectivity index (χ1n) is 12.7. The topological polar surface area (TPSA) is 86.8 Å². The van der Waals surface area contributed by atoms with Gasteiger partial charge < -0.3 is 10.2 Å². The van der Waals surface area contributed by atoms with Gasteiger partial charge in [0, 0.05) is 25.6 Å². The van der Waals surface area contributed by atoms with Crippen LogP contribution >= 0.6 is 23.2 Å². The number of carbonyl (C=O) groups excluding carboxylic acids is 2. The lowest BCUT2D eigenvalue weighted by Gasteiger charge is -2.32. The van der Waals surface area contributed by atoms with Gasteiger partial charge in [0.1, 0.15) is 6.04 Å². The van der Waals surface area contributed by atoms with Gasteiger partial charge >= 0.3 is 0 Å². The number of hydrogen-bond acceptors (Lipinski definition) is 4. The molecule has 202 valence electrons. The van der Waals surface area contributed by atoms with Crippen LogP contribution in [0.15, 0.2) is 48.5 Å². The number of benzene rings is 2. The molecule has 0 bridgehead atoms. The summed E-state index contributed by atoms with van der Waals surface area (Å²) in [6, 6.07) is 13.4. The smallest absolute Gasteiger partial charge is 0.243 e. The van der Waals surface area contributed by atoms with E-state index in [0.29, 0.717) is 28.6 Å². The van der Waals surface area contributed by atoms with Crippen molar-refractivity contribution in [1.29, 1.82) is 0 Å². The maximum atomic E-state index is 13.5. The van der Waals surface area contributed by atoms with Crippen molar-refractivity contribution in [3.8, 4) is 0 Å². The van der Waals surface area contributed by atoms with Crippen LogP contribution < -0.4 is 9.62 Å². The van der Waals surface area contributed by atoms with E-state index in [1.165, 1.54) is 4.31 Å². The number of halogens is 2. The quantitative estimate of drug-likeness (QED) is 0.371. The van der Waals surface area contributed by atoms with Crippen LogP contribution in [-0.2, 0) is 26.2 Å². The summed E-state index contributed by atoms with van der Waals surface area (Å²) in [4.78, 5) is 28.4. The van der Waals surface area contributed by atoms with Crippen molar-refractivity contribution in [2.75, 3.05) is 17.1 Å². The summed E-state index contributed by atoms with van der Waals surface area (Å²) in [5.41, 5.74) is 1.31. The van der Waals surface area contributed by atoms with E-state index in [2.05, 4.69) is 5.32 Å². The number of carbonyl (C=O) groups is 2. The van der Waals surface area contributed by atoms with Gasteiger partial charge in [0.05, 0.1) is 22.0 Å². The Hall–Kier alpha value is -2.29. The molecular weight excluding hydrogens is 533 g/mol. The van der Waals surface area contributed by atoms with E-state index < -0.39 is 16.1 Å². The summed E-state index contributed by atoms with van der Waals surface area (Å²) in [6.07, 6.45) is 6.07. The van der Waals surface area contributed by atoms with Crippen LogP contribution in [0.2, 0.25) is 10.0 Å². The Morgan fingerprint density at radius 1 is 1.05 bits per heavy atom. The van der Waals surface area contributed by atoms with E-state index in [9.17, 15) is 18.0 Å². The van der Waals surface area contributed by atoms with Gasteiger partial charge in [-0.2, -0.15) is 0 Å². The predicted molar refractivity (Wildman–Crippen MR) is 149 cm³/mol. The first-order chi connectivity index (χ1) is 17.6. The van der Waals surface area contributed by atoms with Crippen molar-refractivity contribution in [1.82, 2.24) is 10.2 Å². The number of hydrogen-bond donors (Lipinski definition) is 1. The van der Waals surface area contributed by atoms with Gasteiger partial charge in [-0.25, -0.2) is 8.42 Å². The Morgan fingerprint density at radius 3 is 2.32 bits per heavy atom. The molecule has 0 spiro atoms. The standard InChI is InChI=1S/C27H35Cl2N3O4S/c1-3-25(27(34)30-21-10-7-8-11-21)31(19-20-15-16-23(28)24(29)18-20)26(33)14-9-17-32(37(2,35)36)22-12-5-4-6-13-22/h4-6,12-13,15-16,18,21,25H,3,7-11,14,17,19H2,1-2H3,(H,30,34)/t25-/m1/s1. The Kier molecular flexibility index (Phi) is 10.7. The number of anilines is 1. The molecule has 0 saturated heterocycles. The van der Waals surface area contributed by atoms with Crippen LogP contribution in [0.5, 0.6) is 0 Å². The monoisotopic (exact) mass is 567 g/mol. The van der Waals surface area contributed by atoms with Gasteiger partial charge in [-0.1, -0.05) is 67.2 Å². The minimum absolute atomic E-state index is 0.0907. The maximum Gasteiger partial charge on any atom is 0.243 e.